The first-order valence-corrected chi connectivity index (χ1v) is 19.5. The molecule has 0 unspecified atom stereocenters. The standard InChI is InChI=1S/C38H60ClNO16/c39-15-3-1-2-4-17-46-23-26-49-22-16-40-37(44)54-31-29-50-27-24-47-18-7-9-35(42)52-20-5-6-21-53-36(43)10-8-19-48-25-28-51-30-32-55-38(45)56-34-13-11-33(41)12-14-34/h5-6,11-14,41H,1-4,7-10,15-32H2,(H,40,44)/b6-5-. The Morgan fingerprint density at radius 1 is 0.536 bits per heavy atom. The number of amides is 1. The highest BCUT2D eigenvalue weighted by molar-refractivity contribution is 6.17. The van der Waals surface area contributed by atoms with Gasteiger partial charge in [-0.1, -0.05) is 12.8 Å². The van der Waals surface area contributed by atoms with Crippen LogP contribution in [0.3, 0.4) is 0 Å². The summed E-state index contributed by atoms with van der Waals surface area (Å²) in [6.07, 6.45) is 7.42. The molecule has 0 aliphatic carbocycles. The maximum Gasteiger partial charge on any atom is 0.513 e. The van der Waals surface area contributed by atoms with Gasteiger partial charge in [0.2, 0.25) is 0 Å². The average Bonchev–Trinajstić information content (AvgIpc) is 3.18. The van der Waals surface area contributed by atoms with Gasteiger partial charge in [0.15, 0.2) is 0 Å². The van der Waals surface area contributed by atoms with E-state index in [0.717, 1.165) is 25.7 Å². The molecule has 0 heterocycles. The van der Waals surface area contributed by atoms with Gasteiger partial charge >= 0.3 is 24.2 Å². The Hall–Kier alpha value is -3.71. The Balaban J connectivity index is 1.78. The second-order valence-electron chi connectivity index (χ2n) is 11.6. The Bertz CT molecular complexity index is 1160. The lowest BCUT2D eigenvalue weighted by Crippen LogP contribution is -2.29. The summed E-state index contributed by atoms with van der Waals surface area (Å²) < 4.78 is 57.4. The van der Waals surface area contributed by atoms with Crippen LogP contribution >= 0.6 is 11.6 Å². The number of phenolic OH excluding ortho intramolecular Hbond substituents is 1. The summed E-state index contributed by atoms with van der Waals surface area (Å²) in [6.45, 7) is 5.00. The zero-order valence-electron chi connectivity index (χ0n) is 32.3. The van der Waals surface area contributed by atoms with Gasteiger partial charge in [-0.15, -0.1) is 11.6 Å². The van der Waals surface area contributed by atoms with Gasteiger partial charge in [0.1, 0.15) is 37.9 Å². The van der Waals surface area contributed by atoms with Gasteiger partial charge in [-0.25, -0.2) is 9.59 Å². The van der Waals surface area contributed by atoms with Crippen LogP contribution in [0.1, 0.15) is 51.4 Å². The molecule has 0 aromatic heterocycles. The molecule has 0 fully saturated rings. The topological polar surface area (TPSA) is 202 Å². The number of hydrogen-bond donors (Lipinski definition) is 2. The first-order valence-electron chi connectivity index (χ1n) is 18.9. The van der Waals surface area contributed by atoms with E-state index < -0.39 is 12.2 Å². The minimum absolute atomic E-state index is 0.00366. The van der Waals surface area contributed by atoms with Crippen molar-refractivity contribution in [3.8, 4) is 11.5 Å². The number of alkyl halides is 1. The van der Waals surface area contributed by atoms with Crippen molar-refractivity contribution in [3.63, 3.8) is 0 Å². The van der Waals surface area contributed by atoms with Gasteiger partial charge in [0.05, 0.1) is 59.5 Å². The summed E-state index contributed by atoms with van der Waals surface area (Å²) in [7, 11) is 0. The molecule has 0 aliphatic heterocycles. The van der Waals surface area contributed by atoms with Crippen molar-refractivity contribution in [2.45, 2.75) is 51.4 Å². The summed E-state index contributed by atoms with van der Waals surface area (Å²) in [5, 5.41) is 11.8. The van der Waals surface area contributed by atoms with E-state index >= 15 is 0 Å². The lowest BCUT2D eigenvalue weighted by Gasteiger charge is -2.09. The van der Waals surface area contributed by atoms with Crippen LogP contribution in [0.5, 0.6) is 11.5 Å². The number of alkyl carbamates (subject to hydrolysis) is 1. The van der Waals surface area contributed by atoms with E-state index in [1.165, 1.54) is 24.3 Å². The molecular weight excluding hydrogens is 762 g/mol. The number of esters is 2. The molecule has 0 saturated carbocycles. The minimum Gasteiger partial charge on any atom is -0.508 e. The molecule has 0 aliphatic rings. The third kappa shape index (κ3) is 34.8. The number of rotatable bonds is 37. The molecule has 1 aromatic rings. The molecule has 0 atom stereocenters. The van der Waals surface area contributed by atoms with E-state index in [-0.39, 0.29) is 82.5 Å². The summed E-state index contributed by atoms with van der Waals surface area (Å²) in [5.41, 5.74) is 0. The van der Waals surface area contributed by atoms with Crippen LogP contribution in [0.25, 0.3) is 0 Å². The van der Waals surface area contributed by atoms with Crippen LogP contribution in [0.15, 0.2) is 36.4 Å². The summed E-state index contributed by atoms with van der Waals surface area (Å²) in [6, 6.07) is 5.64. The number of carbonyl (C=O) groups excluding carboxylic acids is 4. The molecule has 2 N–H and O–H groups in total. The van der Waals surface area contributed by atoms with Gasteiger partial charge in [0.25, 0.3) is 0 Å². The van der Waals surface area contributed by atoms with Crippen molar-refractivity contribution in [1.29, 1.82) is 0 Å². The van der Waals surface area contributed by atoms with Crippen molar-refractivity contribution in [1.82, 2.24) is 5.32 Å². The third-order valence-corrected chi connectivity index (χ3v) is 7.20. The van der Waals surface area contributed by atoms with Crippen LogP contribution in [0.2, 0.25) is 0 Å². The van der Waals surface area contributed by atoms with E-state index in [1.807, 2.05) is 0 Å². The van der Waals surface area contributed by atoms with Crippen LogP contribution in [-0.4, -0.2) is 147 Å². The predicted molar refractivity (Wildman–Crippen MR) is 203 cm³/mol. The molecule has 17 nitrogen and oxygen atoms in total. The summed E-state index contributed by atoms with van der Waals surface area (Å²) in [4.78, 5) is 46.9. The lowest BCUT2D eigenvalue weighted by molar-refractivity contribution is -0.144. The quantitative estimate of drug-likeness (QED) is 0.0233. The zero-order chi connectivity index (χ0) is 40.6. The van der Waals surface area contributed by atoms with Crippen molar-refractivity contribution >= 4 is 35.8 Å². The van der Waals surface area contributed by atoms with Crippen LogP contribution in [0.4, 0.5) is 9.59 Å². The number of unbranched alkanes of at least 4 members (excludes halogenated alkanes) is 3. The van der Waals surface area contributed by atoms with E-state index in [4.69, 9.17) is 63.7 Å². The van der Waals surface area contributed by atoms with E-state index in [1.54, 1.807) is 12.2 Å². The van der Waals surface area contributed by atoms with Crippen molar-refractivity contribution in [3.05, 3.63) is 36.4 Å². The molecule has 0 spiro atoms. The minimum atomic E-state index is -0.878. The smallest absolute Gasteiger partial charge is 0.508 e. The number of carbonyl (C=O) groups is 4. The normalized spacial score (nSPS) is 11.0. The maximum absolute atomic E-state index is 11.8. The van der Waals surface area contributed by atoms with Crippen molar-refractivity contribution in [2.75, 3.05) is 118 Å². The van der Waals surface area contributed by atoms with Crippen LogP contribution in [0, 0.1) is 0 Å². The second-order valence-corrected chi connectivity index (χ2v) is 12.0. The fraction of sp³-hybridized carbons (Fsp3) is 0.684. The number of halogens is 1. The highest BCUT2D eigenvalue weighted by Crippen LogP contribution is 2.16. The number of hydrogen-bond acceptors (Lipinski definition) is 16. The molecule has 0 saturated heterocycles. The summed E-state index contributed by atoms with van der Waals surface area (Å²) >= 11 is 5.64. The third-order valence-electron chi connectivity index (χ3n) is 6.94. The number of aromatic hydroxyl groups is 1. The summed E-state index contributed by atoms with van der Waals surface area (Å²) in [5.74, 6) is 0.267. The largest absolute Gasteiger partial charge is 0.513 e. The van der Waals surface area contributed by atoms with Gasteiger partial charge in [-0.05, 0) is 62.1 Å². The first-order chi connectivity index (χ1) is 27.4. The highest BCUT2D eigenvalue weighted by atomic mass is 35.5. The molecule has 1 rings (SSSR count). The van der Waals surface area contributed by atoms with Gasteiger partial charge in [-0.2, -0.15) is 0 Å². The second kappa shape index (κ2) is 38.2. The predicted octanol–water partition coefficient (Wildman–Crippen LogP) is 4.74. The Morgan fingerprint density at radius 3 is 1.55 bits per heavy atom. The molecule has 1 amide bonds. The fourth-order valence-electron chi connectivity index (χ4n) is 4.11. The first kappa shape index (κ1) is 50.3. The monoisotopic (exact) mass is 821 g/mol. The maximum atomic E-state index is 11.8. The van der Waals surface area contributed by atoms with Gasteiger partial charge in [-0.3, -0.25) is 9.59 Å². The molecule has 320 valence electrons. The number of ether oxygens (including phenoxy) is 11. The molecule has 1 aromatic carbocycles. The number of nitrogens with one attached hydrogen (secondary N) is 1. The molecule has 18 heteroatoms. The Morgan fingerprint density at radius 2 is 1.00 bits per heavy atom. The van der Waals surface area contributed by atoms with Crippen molar-refractivity contribution in [2.24, 2.45) is 0 Å². The van der Waals surface area contributed by atoms with Crippen LogP contribution in [-0.2, 0) is 57.0 Å². The Kier molecular flexibility index (Phi) is 34.3. The molecule has 0 bridgehead atoms. The van der Waals surface area contributed by atoms with Crippen LogP contribution < -0.4 is 10.1 Å². The highest BCUT2D eigenvalue weighted by Gasteiger charge is 2.07. The average molecular weight is 822 g/mol. The van der Waals surface area contributed by atoms with E-state index in [0.29, 0.717) is 84.7 Å². The van der Waals surface area contributed by atoms with Crippen molar-refractivity contribution < 1.29 is 76.4 Å². The fourth-order valence-corrected chi connectivity index (χ4v) is 4.30. The van der Waals surface area contributed by atoms with E-state index in [2.05, 4.69) is 5.32 Å². The van der Waals surface area contributed by atoms with Gasteiger partial charge in [0, 0.05) is 45.1 Å². The van der Waals surface area contributed by atoms with Gasteiger partial charge < -0.3 is 62.5 Å². The lowest BCUT2D eigenvalue weighted by atomic mass is 10.2. The molecule has 56 heavy (non-hydrogen) atoms. The Labute approximate surface area is 334 Å². The zero-order valence-corrected chi connectivity index (χ0v) is 33.1. The number of benzene rings is 1. The SMILES string of the molecule is O=C(CCCOCCOCCOC(=O)NCCOCCOCCCCCCCl)OC/C=C\COC(=O)CCCOCCOCCOC(=O)Oc1ccc(O)cc1. The molecule has 0 radical (unpaired) electrons. The number of phenols is 1. The van der Waals surface area contributed by atoms with E-state index in [9.17, 15) is 24.3 Å². The molecular formula is C38H60ClNO16.